The van der Waals surface area contributed by atoms with Crippen molar-refractivity contribution >= 4 is 48.4 Å². The van der Waals surface area contributed by atoms with Gasteiger partial charge in [0.2, 0.25) is 0 Å². The third kappa shape index (κ3) is 32.8. The van der Waals surface area contributed by atoms with Crippen LogP contribution in [0.25, 0.3) is 0 Å². The zero-order valence-electron chi connectivity index (χ0n) is 2.35. The van der Waals surface area contributed by atoms with Crippen molar-refractivity contribution in [3.8, 4) is 0 Å². The molecule has 6 heteroatoms. The van der Waals surface area contributed by atoms with Crippen LogP contribution in [0.4, 0.5) is 0 Å². The molecule has 0 fully saturated rings. The van der Waals surface area contributed by atoms with Crippen LogP contribution < -0.4 is 6.15 Å². The molecule has 0 unspecified atom stereocenters. The van der Waals surface area contributed by atoms with E-state index in [4.69, 9.17) is 0 Å². The molecule has 0 aromatic carbocycles. The quantitative estimate of drug-likeness (QED) is 0.587. The predicted molar refractivity (Wildman–Crippen MR) is 24.4 cm³/mol. The summed E-state index contributed by atoms with van der Waals surface area (Å²) in [6, 6.07) is 0. The Morgan fingerprint density at radius 3 is 1.00 bits per heavy atom. The van der Waals surface area contributed by atoms with Crippen molar-refractivity contribution in [1.29, 1.82) is 0 Å². The van der Waals surface area contributed by atoms with Gasteiger partial charge in [0.1, 0.15) is 0 Å². The van der Waals surface area contributed by atoms with Gasteiger partial charge in [0.15, 0.2) is 0 Å². The Morgan fingerprint density at radius 2 is 1.00 bits per heavy atom. The molecule has 41 valence electrons. The number of hydrogen-bond acceptors (Lipinski definition) is 0. The molecule has 0 saturated heterocycles. The summed E-state index contributed by atoms with van der Waals surface area (Å²) in [6.45, 7) is 0. The van der Waals surface area contributed by atoms with E-state index in [1.807, 2.05) is 0 Å². The molecule has 0 aliphatic rings. The molecule has 0 aromatic rings. The van der Waals surface area contributed by atoms with Gasteiger partial charge in [-0.15, -0.1) is 0 Å². The maximum Gasteiger partial charge on any atom is 0 e. The van der Waals surface area contributed by atoms with Crippen molar-refractivity contribution in [2.75, 3.05) is 0 Å². The van der Waals surface area contributed by atoms with E-state index >= 15 is 0 Å². The second-order valence-electron chi connectivity index (χ2n) is 0. The van der Waals surface area contributed by atoms with E-state index in [0.29, 0.717) is 0 Å². The first-order valence-electron chi connectivity index (χ1n) is 0. The Bertz CT molecular complexity index is 15.5. The van der Waals surface area contributed by atoms with Crippen molar-refractivity contribution in [3.63, 3.8) is 0 Å². The van der Waals surface area contributed by atoms with Crippen LogP contribution in [-0.4, -0.2) is 18.0 Å². The van der Waals surface area contributed by atoms with Gasteiger partial charge in [0.25, 0.3) is 0 Å². The van der Waals surface area contributed by atoms with Crippen LogP contribution in [-0.2, 0) is 33.6 Å². The molecule has 0 spiro atoms. The van der Waals surface area contributed by atoms with E-state index in [0.717, 1.165) is 0 Å². The molecule has 0 saturated carbocycles. The Morgan fingerprint density at radius 1 is 1.00 bits per heavy atom. The smallest absolute Gasteiger partial charge is 0 e. The number of nitrogens with zero attached hydrogens (tertiary/aromatic N) is 1. The van der Waals surface area contributed by atoms with Gasteiger partial charge in [0, 0.05) is 88.1 Å². The monoisotopic (exact) mass is 314 g/mol. The topological polar surface area (TPSA) is 30.5 Å². The van der Waals surface area contributed by atoms with Gasteiger partial charge in [0.05, 0.1) is 0 Å². The van der Waals surface area contributed by atoms with Crippen molar-refractivity contribution in [3.05, 3.63) is 0 Å². The minimum absolute atomic E-state index is 0. The van der Waals surface area contributed by atoms with Crippen LogP contribution in [0.3, 0.4) is 0 Å². The van der Waals surface area contributed by atoms with Gasteiger partial charge < -0.3 is 0 Å². The molecular weight excluding hydrogens is 315 g/mol. The predicted octanol–water partition coefficient (Wildman–Crippen LogP) is 0.627. The number of hydrogen-bond donors (Lipinski definition) is 0. The minimum Gasteiger partial charge on any atom is 0 e. The second kappa shape index (κ2) is 53.4. The van der Waals surface area contributed by atoms with E-state index < -0.39 is 0 Å². The number of rotatable bonds is 0. The Labute approximate surface area is 87.3 Å². The van der Waals surface area contributed by atoms with Gasteiger partial charge >= 0.3 is 0 Å². The summed E-state index contributed by atoms with van der Waals surface area (Å²) in [5.41, 5.74) is 0. The largest absolute Gasteiger partial charge is 0 e. The fraction of sp³-hybridized carbons (Fsp3) is 0. The average Bonchev–Trinajstić information content (AvgIpc) is 0. The molecular formula is AsBrFeNNiS. The van der Waals surface area contributed by atoms with Crippen LogP contribution in [0.2, 0.25) is 0 Å². The first-order valence-corrected chi connectivity index (χ1v) is 0. The first kappa shape index (κ1) is 81.3. The summed E-state index contributed by atoms with van der Waals surface area (Å²) >= 11 is 0. The maximum absolute atomic E-state index is 0. The summed E-state index contributed by atoms with van der Waals surface area (Å²) in [6.07, 6.45) is 0. The van der Waals surface area contributed by atoms with Crippen LogP contribution >= 0.6 is 30.5 Å². The third-order valence-corrected chi connectivity index (χ3v) is 0. The van der Waals surface area contributed by atoms with Gasteiger partial charge in [-0.2, -0.15) is 0 Å². The molecule has 0 bridgehead atoms. The van der Waals surface area contributed by atoms with Gasteiger partial charge in [-0.05, 0) is 0 Å². The second-order valence-corrected chi connectivity index (χ2v) is 0. The molecule has 0 aromatic heterocycles. The van der Waals surface area contributed by atoms with Crippen LogP contribution in [0, 0.1) is 0 Å². The molecule has 0 atom stereocenters. The SMILES string of the molecule is [As].[Br].[Fe].[N].[Ni].[S]. The fourth-order valence-electron chi connectivity index (χ4n) is 0. The van der Waals surface area contributed by atoms with E-state index in [2.05, 4.69) is 0 Å². The minimum atomic E-state index is 0. The van der Waals surface area contributed by atoms with E-state index in [9.17, 15) is 0 Å². The Balaban J connectivity index is 0. The van der Waals surface area contributed by atoms with Crippen LogP contribution in [0.15, 0.2) is 0 Å². The van der Waals surface area contributed by atoms with Crippen LogP contribution in [0.5, 0.6) is 0 Å². The maximum atomic E-state index is 0. The fourth-order valence-corrected chi connectivity index (χ4v) is 0. The third-order valence-electron chi connectivity index (χ3n) is 0. The van der Waals surface area contributed by atoms with Crippen molar-refractivity contribution in [2.45, 2.75) is 0 Å². The van der Waals surface area contributed by atoms with Gasteiger partial charge in [-0.3, -0.25) is 0 Å². The molecule has 6 heavy (non-hydrogen) atoms. The number of halogens is 1. The van der Waals surface area contributed by atoms with E-state index in [1.165, 1.54) is 0 Å². The van der Waals surface area contributed by atoms with E-state index in [1.54, 1.807) is 0 Å². The van der Waals surface area contributed by atoms with Gasteiger partial charge in [-0.1, -0.05) is 0 Å². The molecule has 0 aliphatic heterocycles. The summed E-state index contributed by atoms with van der Waals surface area (Å²) < 4.78 is 0. The van der Waals surface area contributed by atoms with Crippen molar-refractivity contribution in [2.24, 2.45) is 0 Å². The first-order chi connectivity index (χ1) is 0. The molecule has 9 radical (unpaired) electrons. The standard InChI is InChI=1S/As.Br.Fe.N.Ni.S. The molecule has 0 rings (SSSR count). The molecule has 1 nitrogen and oxygen atoms in total. The summed E-state index contributed by atoms with van der Waals surface area (Å²) in [5.74, 6) is 0. The summed E-state index contributed by atoms with van der Waals surface area (Å²) in [4.78, 5) is 0. The van der Waals surface area contributed by atoms with Crippen molar-refractivity contribution < 1.29 is 33.6 Å². The Kier molecular flexibility index (Phi) is 723. The normalized spacial score (nSPS) is 0. The molecule has 0 aliphatic carbocycles. The average molecular weight is 315 g/mol. The molecule has 0 N–H and O–H groups in total. The Hall–Kier alpha value is 2.36. The zero-order chi connectivity index (χ0) is 0. The van der Waals surface area contributed by atoms with Gasteiger partial charge in [-0.25, -0.2) is 0 Å². The van der Waals surface area contributed by atoms with Crippen molar-refractivity contribution in [1.82, 2.24) is 6.15 Å². The summed E-state index contributed by atoms with van der Waals surface area (Å²) in [7, 11) is 0. The molecule has 0 amide bonds. The van der Waals surface area contributed by atoms with Crippen LogP contribution in [0.1, 0.15) is 0 Å². The molecule has 0 heterocycles. The zero-order valence-corrected chi connectivity index (χ0v) is 8.72. The van der Waals surface area contributed by atoms with E-state index in [-0.39, 0.29) is 88.1 Å². The summed E-state index contributed by atoms with van der Waals surface area (Å²) in [5, 5.41) is 0.